The van der Waals surface area contributed by atoms with Gasteiger partial charge in [0.15, 0.2) is 0 Å². The van der Waals surface area contributed by atoms with E-state index < -0.39 is 21.9 Å². The normalized spacial score (nSPS) is 19.8. The predicted molar refractivity (Wildman–Crippen MR) is 111 cm³/mol. The van der Waals surface area contributed by atoms with Crippen molar-refractivity contribution in [2.45, 2.75) is 10.9 Å². The van der Waals surface area contributed by atoms with Crippen molar-refractivity contribution in [2.75, 3.05) is 52.5 Å². The first-order valence-corrected chi connectivity index (χ1v) is 11.7. The summed E-state index contributed by atoms with van der Waals surface area (Å²) < 4.78 is 46.3. The Balaban J connectivity index is 1.50. The summed E-state index contributed by atoms with van der Waals surface area (Å²) in [4.78, 5) is 21.2. The third-order valence-electron chi connectivity index (χ3n) is 5.63. The van der Waals surface area contributed by atoms with E-state index in [-0.39, 0.29) is 37.0 Å². The molecule has 2 aliphatic rings. The molecule has 4 rings (SSSR count). The van der Waals surface area contributed by atoms with Crippen LogP contribution < -0.4 is 0 Å². The molecule has 2 aliphatic heterocycles. The average Bonchev–Trinajstić information content (AvgIpc) is 2.81. The number of nitrogens with zero attached hydrogens (tertiary/aromatic N) is 4. The van der Waals surface area contributed by atoms with Crippen LogP contribution in [0, 0.1) is 5.82 Å². The third kappa shape index (κ3) is 4.77. The zero-order chi connectivity index (χ0) is 21.8. The number of morpholine rings is 1. The molecule has 2 aromatic rings. The molecule has 0 radical (unpaired) electrons. The summed E-state index contributed by atoms with van der Waals surface area (Å²) in [6, 6.07) is 8.57. The lowest BCUT2D eigenvalue weighted by molar-refractivity contribution is -0.140. The molecule has 0 unspecified atom stereocenters. The maximum Gasteiger partial charge on any atom is 0.244 e. The fourth-order valence-electron chi connectivity index (χ4n) is 3.99. The molecule has 3 heterocycles. The van der Waals surface area contributed by atoms with Gasteiger partial charge in [-0.1, -0.05) is 12.1 Å². The number of sulfonamides is 1. The van der Waals surface area contributed by atoms with Crippen LogP contribution in [0.4, 0.5) is 4.39 Å². The number of carbonyl (C=O) groups is 1. The Morgan fingerprint density at radius 1 is 1.03 bits per heavy atom. The quantitative estimate of drug-likeness (QED) is 0.682. The second-order valence-corrected chi connectivity index (χ2v) is 9.46. The van der Waals surface area contributed by atoms with E-state index >= 15 is 0 Å². The lowest BCUT2D eigenvalue weighted by Crippen LogP contribution is -2.54. The largest absolute Gasteiger partial charge is 0.379 e. The molecule has 1 aromatic heterocycles. The van der Waals surface area contributed by atoms with Crippen LogP contribution in [-0.4, -0.2) is 85.9 Å². The molecule has 2 saturated heterocycles. The summed E-state index contributed by atoms with van der Waals surface area (Å²) in [5.74, 6) is -0.540. The van der Waals surface area contributed by atoms with Crippen LogP contribution >= 0.6 is 0 Å². The van der Waals surface area contributed by atoms with Crippen LogP contribution in [0.25, 0.3) is 0 Å². The molecule has 10 heteroatoms. The Labute approximate surface area is 181 Å². The minimum absolute atomic E-state index is 0.140. The van der Waals surface area contributed by atoms with E-state index in [9.17, 15) is 17.6 Å². The zero-order valence-corrected chi connectivity index (χ0v) is 17.9. The number of ether oxygens (including phenoxy) is 1. The van der Waals surface area contributed by atoms with Crippen molar-refractivity contribution in [1.29, 1.82) is 0 Å². The van der Waals surface area contributed by atoms with Gasteiger partial charge in [-0.3, -0.25) is 14.7 Å². The van der Waals surface area contributed by atoms with Crippen LogP contribution in [0.15, 0.2) is 53.7 Å². The van der Waals surface area contributed by atoms with Crippen molar-refractivity contribution in [3.63, 3.8) is 0 Å². The molecule has 1 aromatic carbocycles. The van der Waals surface area contributed by atoms with Crippen LogP contribution in [0.2, 0.25) is 0 Å². The van der Waals surface area contributed by atoms with Crippen LogP contribution in [-0.2, 0) is 19.6 Å². The highest BCUT2D eigenvalue weighted by Gasteiger charge is 2.36. The van der Waals surface area contributed by atoms with Gasteiger partial charge in [0.2, 0.25) is 15.9 Å². The summed E-state index contributed by atoms with van der Waals surface area (Å²) in [6.45, 7) is 3.10. The second kappa shape index (κ2) is 9.39. The number of piperazine rings is 1. The highest BCUT2D eigenvalue weighted by Crippen LogP contribution is 2.26. The van der Waals surface area contributed by atoms with Crippen molar-refractivity contribution in [1.82, 2.24) is 19.1 Å². The summed E-state index contributed by atoms with van der Waals surface area (Å²) in [7, 11) is -3.65. The van der Waals surface area contributed by atoms with Gasteiger partial charge in [0.1, 0.15) is 16.8 Å². The van der Waals surface area contributed by atoms with Crippen LogP contribution in [0.3, 0.4) is 0 Å². The molecule has 1 atom stereocenters. The highest BCUT2D eigenvalue weighted by atomic mass is 32.2. The smallest absolute Gasteiger partial charge is 0.244 e. The number of halogens is 1. The van der Waals surface area contributed by atoms with E-state index in [1.165, 1.54) is 34.9 Å². The molecule has 8 nitrogen and oxygen atoms in total. The first-order chi connectivity index (χ1) is 15.0. The van der Waals surface area contributed by atoms with Crippen molar-refractivity contribution < 1.29 is 22.3 Å². The van der Waals surface area contributed by atoms with Gasteiger partial charge in [-0.15, -0.1) is 0 Å². The van der Waals surface area contributed by atoms with Gasteiger partial charge in [-0.25, -0.2) is 12.8 Å². The van der Waals surface area contributed by atoms with E-state index in [0.717, 1.165) is 0 Å². The number of amides is 1. The number of pyridine rings is 1. The number of hydrogen-bond donors (Lipinski definition) is 0. The van der Waals surface area contributed by atoms with Crippen LogP contribution in [0.1, 0.15) is 11.6 Å². The molecule has 166 valence electrons. The molecular formula is C21H25FN4O4S. The van der Waals surface area contributed by atoms with Crippen molar-refractivity contribution in [2.24, 2.45) is 0 Å². The Morgan fingerprint density at radius 3 is 2.42 bits per heavy atom. The average molecular weight is 449 g/mol. The summed E-state index contributed by atoms with van der Waals surface area (Å²) >= 11 is 0. The first-order valence-electron chi connectivity index (χ1n) is 10.2. The molecule has 0 saturated carbocycles. The summed E-state index contributed by atoms with van der Waals surface area (Å²) in [5.41, 5.74) is 0.595. The molecule has 0 N–H and O–H groups in total. The van der Waals surface area contributed by atoms with Crippen molar-refractivity contribution in [3.05, 3.63) is 60.2 Å². The van der Waals surface area contributed by atoms with E-state index in [4.69, 9.17) is 4.74 Å². The second-order valence-electron chi connectivity index (χ2n) is 7.52. The molecule has 31 heavy (non-hydrogen) atoms. The lowest BCUT2D eigenvalue weighted by atomic mass is 10.0. The summed E-state index contributed by atoms with van der Waals surface area (Å²) in [5, 5.41) is 0. The third-order valence-corrected chi connectivity index (χ3v) is 7.51. The first kappa shape index (κ1) is 21.8. The number of benzene rings is 1. The van der Waals surface area contributed by atoms with Gasteiger partial charge in [-0.05, 0) is 29.8 Å². The standard InChI is InChI=1S/C21H25FN4O4S/c22-18-4-1-3-17(15-18)20(24-11-13-30-14-12-24)21(27)25-7-9-26(10-8-25)31(28,29)19-5-2-6-23-16-19/h1-6,15-16,20H,7-14H2/t20-/m0/s1. The van der Waals surface area contributed by atoms with Gasteiger partial charge < -0.3 is 9.64 Å². The van der Waals surface area contributed by atoms with Crippen molar-refractivity contribution >= 4 is 15.9 Å². The van der Waals surface area contributed by atoms with Gasteiger partial charge in [0.05, 0.1) is 13.2 Å². The Kier molecular flexibility index (Phi) is 6.61. The maximum absolute atomic E-state index is 13.9. The minimum Gasteiger partial charge on any atom is -0.379 e. The van der Waals surface area contributed by atoms with Gasteiger partial charge >= 0.3 is 0 Å². The van der Waals surface area contributed by atoms with E-state index in [0.29, 0.717) is 31.9 Å². The number of carbonyl (C=O) groups excluding carboxylic acids is 1. The Hall–Kier alpha value is -2.40. The lowest BCUT2D eigenvalue weighted by Gasteiger charge is -2.39. The van der Waals surface area contributed by atoms with Gasteiger partial charge in [0, 0.05) is 51.7 Å². The number of hydrogen-bond acceptors (Lipinski definition) is 6. The fourth-order valence-corrected chi connectivity index (χ4v) is 5.38. The molecule has 0 spiro atoms. The minimum atomic E-state index is -3.65. The highest BCUT2D eigenvalue weighted by molar-refractivity contribution is 7.89. The van der Waals surface area contributed by atoms with E-state index in [1.807, 2.05) is 4.90 Å². The molecule has 2 fully saturated rings. The monoisotopic (exact) mass is 448 g/mol. The van der Waals surface area contributed by atoms with Gasteiger partial charge in [0.25, 0.3) is 0 Å². The fraction of sp³-hybridized carbons (Fsp3) is 0.429. The number of aromatic nitrogens is 1. The summed E-state index contributed by atoms with van der Waals surface area (Å²) in [6.07, 6.45) is 2.85. The number of rotatable bonds is 5. The van der Waals surface area contributed by atoms with E-state index in [2.05, 4.69) is 4.98 Å². The van der Waals surface area contributed by atoms with Gasteiger partial charge in [-0.2, -0.15) is 4.31 Å². The Bertz CT molecular complexity index is 1010. The van der Waals surface area contributed by atoms with Crippen molar-refractivity contribution in [3.8, 4) is 0 Å². The molecule has 0 bridgehead atoms. The van der Waals surface area contributed by atoms with E-state index in [1.54, 1.807) is 23.1 Å². The molecular weight excluding hydrogens is 423 g/mol. The zero-order valence-electron chi connectivity index (χ0n) is 17.1. The SMILES string of the molecule is O=C([C@H](c1cccc(F)c1)N1CCOCC1)N1CCN(S(=O)(=O)c2cccnc2)CC1. The maximum atomic E-state index is 13.9. The predicted octanol–water partition coefficient (Wildman–Crippen LogP) is 1.13. The molecule has 1 amide bonds. The Morgan fingerprint density at radius 2 is 1.77 bits per heavy atom. The topological polar surface area (TPSA) is 83.0 Å². The van der Waals surface area contributed by atoms with Crippen LogP contribution in [0.5, 0.6) is 0 Å². The molecule has 0 aliphatic carbocycles.